The van der Waals surface area contributed by atoms with Gasteiger partial charge in [0, 0.05) is 11.1 Å². The van der Waals surface area contributed by atoms with E-state index in [0.717, 1.165) is 0 Å². The number of hydrogen-bond acceptors (Lipinski definition) is 7. The molecule has 2 aromatic carbocycles. The molecule has 3 rings (SSSR count). The Bertz CT molecular complexity index is 1160. The van der Waals surface area contributed by atoms with E-state index in [1.807, 2.05) is 24.3 Å². The van der Waals surface area contributed by atoms with Crippen LogP contribution in [0.4, 0.5) is 0 Å². The Morgan fingerprint density at radius 3 is 1.59 bits per heavy atom. The summed E-state index contributed by atoms with van der Waals surface area (Å²) >= 11 is 0. The highest BCUT2D eigenvalue weighted by Crippen LogP contribution is 2.16. The van der Waals surface area contributed by atoms with Gasteiger partial charge in [0.25, 0.3) is 11.8 Å². The van der Waals surface area contributed by atoms with E-state index in [1.165, 1.54) is 18.5 Å². The number of methoxy groups -OCH3 is 2. The summed E-state index contributed by atoms with van der Waals surface area (Å²) in [6.07, 6.45) is 2.96. The fourth-order valence-electron chi connectivity index (χ4n) is 3.17. The summed E-state index contributed by atoms with van der Waals surface area (Å²) in [6, 6.07) is 16.0. The maximum Gasteiger partial charge on any atom is 0.273 e. The van der Waals surface area contributed by atoms with E-state index >= 15 is 0 Å². The van der Waals surface area contributed by atoms with E-state index < -0.39 is 11.8 Å². The van der Waals surface area contributed by atoms with E-state index in [4.69, 9.17) is 9.47 Å². The number of pyridine rings is 1. The normalized spacial score (nSPS) is 10.9. The monoisotopic (exact) mass is 459 g/mol. The minimum Gasteiger partial charge on any atom is -0.496 e. The predicted octanol–water partition coefficient (Wildman–Crippen LogP) is 3.24. The molecule has 0 aliphatic carbocycles. The number of aryl methyl sites for hydroxylation is 2. The Balaban J connectivity index is 1.73. The van der Waals surface area contributed by atoms with Crippen molar-refractivity contribution in [1.82, 2.24) is 15.8 Å². The first kappa shape index (κ1) is 24.1. The van der Waals surface area contributed by atoms with Gasteiger partial charge in [-0.15, -0.1) is 0 Å². The molecule has 0 aliphatic heterocycles. The van der Waals surface area contributed by atoms with E-state index in [-0.39, 0.29) is 11.1 Å². The summed E-state index contributed by atoms with van der Waals surface area (Å²) in [5.74, 6) is 0.257. The molecule has 0 bridgehead atoms. The van der Waals surface area contributed by atoms with Gasteiger partial charge >= 0.3 is 0 Å². The number of nitrogens with one attached hydrogen (secondary N) is 2. The molecule has 0 saturated carbocycles. The molecule has 3 aromatic rings. The number of para-hydroxylation sites is 2. The highest BCUT2D eigenvalue weighted by molar-refractivity contribution is 6.01. The zero-order valence-corrected chi connectivity index (χ0v) is 19.3. The zero-order valence-electron chi connectivity index (χ0n) is 19.3. The van der Waals surface area contributed by atoms with Crippen molar-refractivity contribution >= 4 is 24.2 Å². The third-order valence-corrected chi connectivity index (χ3v) is 4.91. The lowest BCUT2D eigenvalue weighted by molar-refractivity contribution is 0.0954. The predicted molar refractivity (Wildman–Crippen MR) is 130 cm³/mol. The van der Waals surface area contributed by atoms with Gasteiger partial charge in [-0.25, -0.2) is 10.9 Å². The minimum absolute atomic E-state index is 0.224. The van der Waals surface area contributed by atoms with Crippen LogP contribution in [-0.2, 0) is 0 Å². The SMILES string of the molecule is COc1ccccc1/C=N\NC(=O)c1cc(C(=O)N/N=C\c2ccccc2OC)c(C)nc1C. The number of benzene rings is 2. The van der Waals surface area contributed by atoms with Gasteiger partial charge in [0.05, 0.1) is 49.2 Å². The second kappa shape index (κ2) is 11.4. The molecule has 34 heavy (non-hydrogen) atoms. The summed E-state index contributed by atoms with van der Waals surface area (Å²) in [5.41, 5.74) is 7.72. The van der Waals surface area contributed by atoms with Crippen LogP contribution in [0.3, 0.4) is 0 Å². The first-order valence-electron chi connectivity index (χ1n) is 10.4. The van der Waals surface area contributed by atoms with Crippen LogP contribution in [0.5, 0.6) is 11.5 Å². The van der Waals surface area contributed by atoms with Crippen molar-refractivity contribution < 1.29 is 19.1 Å². The first-order chi connectivity index (χ1) is 16.4. The highest BCUT2D eigenvalue weighted by atomic mass is 16.5. The van der Waals surface area contributed by atoms with Crippen molar-refractivity contribution in [1.29, 1.82) is 0 Å². The topological polar surface area (TPSA) is 114 Å². The maximum atomic E-state index is 12.7. The molecule has 0 radical (unpaired) electrons. The maximum absolute atomic E-state index is 12.7. The third-order valence-electron chi connectivity index (χ3n) is 4.91. The minimum atomic E-state index is -0.497. The number of ether oxygens (including phenoxy) is 2. The molecule has 0 aliphatic rings. The van der Waals surface area contributed by atoms with Crippen LogP contribution in [0.25, 0.3) is 0 Å². The molecule has 0 fully saturated rings. The second-order valence-corrected chi connectivity index (χ2v) is 7.14. The summed E-state index contributed by atoms with van der Waals surface area (Å²) in [4.78, 5) is 29.7. The molecule has 2 N–H and O–H groups in total. The molecule has 0 spiro atoms. The summed E-state index contributed by atoms with van der Waals surface area (Å²) in [6.45, 7) is 3.38. The average Bonchev–Trinajstić information content (AvgIpc) is 2.84. The van der Waals surface area contributed by atoms with Crippen molar-refractivity contribution in [2.45, 2.75) is 13.8 Å². The van der Waals surface area contributed by atoms with E-state index in [9.17, 15) is 9.59 Å². The van der Waals surface area contributed by atoms with Crippen molar-refractivity contribution in [3.05, 3.63) is 88.2 Å². The van der Waals surface area contributed by atoms with Crippen molar-refractivity contribution in [3.63, 3.8) is 0 Å². The van der Waals surface area contributed by atoms with Crippen LogP contribution in [0, 0.1) is 13.8 Å². The third kappa shape index (κ3) is 5.83. The quantitative estimate of drug-likeness (QED) is 0.396. The lowest BCUT2D eigenvalue weighted by atomic mass is 10.1. The van der Waals surface area contributed by atoms with Gasteiger partial charge in [-0.3, -0.25) is 14.6 Å². The molecule has 0 atom stereocenters. The number of nitrogens with zero attached hydrogens (tertiary/aromatic N) is 3. The Morgan fingerprint density at radius 1 is 0.765 bits per heavy atom. The Kier molecular flexibility index (Phi) is 8.07. The molecule has 1 heterocycles. The lowest BCUT2D eigenvalue weighted by Crippen LogP contribution is -2.23. The van der Waals surface area contributed by atoms with Crippen molar-refractivity contribution in [2.75, 3.05) is 14.2 Å². The fraction of sp³-hybridized carbons (Fsp3) is 0.160. The number of hydrazone groups is 2. The van der Waals surface area contributed by atoms with Gasteiger partial charge in [0.1, 0.15) is 11.5 Å². The smallest absolute Gasteiger partial charge is 0.273 e. The summed E-state index contributed by atoms with van der Waals surface area (Å²) in [5, 5.41) is 7.99. The number of carbonyl (C=O) groups excluding carboxylic acids is 2. The van der Waals surface area contributed by atoms with Crippen LogP contribution in [0.2, 0.25) is 0 Å². The van der Waals surface area contributed by atoms with Crippen LogP contribution in [-0.4, -0.2) is 43.4 Å². The van der Waals surface area contributed by atoms with Crippen molar-refractivity contribution in [3.8, 4) is 11.5 Å². The molecule has 2 amide bonds. The molecule has 0 saturated heterocycles. The summed E-state index contributed by atoms with van der Waals surface area (Å²) < 4.78 is 10.5. The van der Waals surface area contributed by atoms with Gasteiger partial charge in [0.2, 0.25) is 0 Å². The number of carbonyl (C=O) groups is 2. The van der Waals surface area contributed by atoms with E-state index in [0.29, 0.717) is 34.0 Å². The van der Waals surface area contributed by atoms with Crippen molar-refractivity contribution in [2.24, 2.45) is 10.2 Å². The first-order valence-corrected chi connectivity index (χ1v) is 10.4. The number of amides is 2. The standard InChI is InChI=1S/C25H25N5O4/c1-16-20(24(31)29-26-14-18-9-5-7-11-22(18)33-3)13-21(17(2)28-16)25(32)30-27-15-19-10-6-8-12-23(19)34-4/h5-15H,1-4H3,(H,29,31)(H,30,32)/b26-14-,27-15-. The Morgan fingerprint density at radius 2 is 1.18 bits per heavy atom. The lowest BCUT2D eigenvalue weighted by Gasteiger charge is -2.10. The number of hydrogen-bond donors (Lipinski definition) is 2. The molecular weight excluding hydrogens is 434 g/mol. The van der Waals surface area contributed by atoms with Gasteiger partial charge in [-0.05, 0) is 44.2 Å². The van der Waals surface area contributed by atoms with E-state index in [1.54, 1.807) is 52.3 Å². The number of aromatic nitrogens is 1. The van der Waals surface area contributed by atoms with Gasteiger partial charge in [-0.2, -0.15) is 10.2 Å². The molecule has 0 unspecified atom stereocenters. The second-order valence-electron chi connectivity index (χ2n) is 7.14. The largest absolute Gasteiger partial charge is 0.496 e. The zero-order chi connectivity index (χ0) is 24.5. The van der Waals surface area contributed by atoms with Gasteiger partial charge in [-0.1, -0.05) is 24.3 Å². The molecule has 9 heteroatoms. The van der Waals surface area contributed by atoms with Crippen LogP contribution in [0.1, 0.15) is 43.2 Å². The summed E-state index contributed by atoms with van der Waals surface area (Å²) in [7, 11) is 3.11. The van der Waals surface area contributed by atoms with Crippen LogP contribution in [0.15, 0.2) is 64.8 Å². The molecule has 174 valence electrons. The number of rotatable bonds is 8. The fourth-order valence-corrected chi connectivity index (χ4v) is 3.17. The van der Waals surface area contributed by atoms with Gasteiger partial charge < -0.3 is 9.47 Å². The molecule has 1 aromatic heterocycles. The van der Waals surface area contributed by atoms with E-state index in [2.05, 4.69) is 26.0 Å². The van der Waals surface area contributed by atoms with Crippen LogP contribution >= 0.6 is 0 Å². The molecular formula is C25H25N5O4. The van der Waals surface area contributed by atoms with Gasteiger partial charge in [0.15, 0.2) is 0 Å². The average molecular weight is 460 g/mol. The Hall–Kier alpha value is -4.53. The molecule has 9 nitrogen and oxygen atoms in total. The highest BCUT2D eigenvalue weighted by Gasteiger charge is 2.17. The Labute approximate surface area is 197 Å². The van der Waals surface area contributed by atoms with Crippen LogP contribution < -0.4 is 20.3 Å².